The number of aryl methyl sites for hydroxylation is 1. The Morgan fingerprint density at radius 1 is 1.32 bits per heavy atom. The van der Waals surface area contributed by atoms with Gasteiger partial charge in [0.05, 0.1) is 11.7 Å². The second kappa shape index (κ2) is 6.41. The molecular weight excluding hydrogens is 240 g/mol. The smallest absolute Gasteiger partial charge is 0.188 e. The number of hydrogen-bond acceptors (Lipinski definition) is 4. The van der Waals surface area contributed by atoms with Gasteiger partial charge in [0.1, 0.15) is 6.10 Å². The van der Waals surface area contributed by atoms with E-state index in [9.17, 15) is 0 Å². The van der Waals surface area contributed by atoms with Gasteiger partial charge in [0, 0.05) is 0 Å². The predicted octanol–water partition coefficient (Wildman–Crippen LogP) is 3.05. The number of hydrogen-bond donors (Lipinski definition) is 1. The number of aliphatic imine (C=N–C) groups is 1. The largest absolute Gasteiger partial charge is 0.396 e. The van der Waals surface area contributed by atoms with E-state index in [1.807, 2.05) is 25.1 Å². The Morgan fingerprint density at radius 3 is 2.68 bits per heavy atom. The van der Waals surface area contributed by atoms with E-state index < -0.39 is 0 Å². The SMILES string of the molecule is C=C=NC1CCC(OOc2ccc(C)cc2N)CC1. The van der Waals surface area contributed by atoms with E-state index in [2.05, 4.69) is 17.4 Å². The molecule has 102 valence electrons. The first-order valence-electron chi connectivity index (χ1n) is 6.60. The van der Waals surface area contributed by atoms with Crippen LogP contribution in [-0.4, -0.2) is 18.0 Å². The summed E-state index contributed by atoms with van der Waals surface area (Å²) in [6.07, 6.45) is 3.94. The van der Waals surface area contributed by atoms with Crippen molar-refractivity contribution in [2.75, 3.05) is 5.73 Å². The lowest BCUT2D eigenvalue weighted by molar-refractivity contribution is -0.250. The molecule has 0 aliphatic heterocycles. The summed E-state index contributed by atoms with van der Waals surface area (Å²) < 4.78 is 0. The van der Waals surface area contributed by atoms with Gasteiger partial charge in [-0.3, -0.25) is 0 Å². The lowest BCUT2D eigenvalue weighted by Crippen LogP contribution is -2.24. The highest BCUT2D eigenvalue weighted by Crippen LogP contribution is 2.26. The van der Waals surface area contributed by atoms with Gasteiger partial charge in [-0.25, -0.2) is 4.99 Å². The normalized spacial score (nSPS) is 22.6. The molecule has 2 rings (SSSR count). The van der Waals surface area contributed by atoms with Crippen LogP contribution < -0.4 is 10.6 Å². The van der Waals surface area contributed by atoms with E-state index in [0.717, 1.165) is 31.2 Å². The summed E-state index contributed by atoms with van der Waals surface area (Å²) in [7, 11) is 0. The maximum Gasteiger partial charge on any atom is 0.188 e. The van der Waals surface area contributed by atoms with Crippen molar-refractivity contribution >= 4 is 11.6 Å². The molecule has 4 heteroatoms. The molecule has 0 spiro atoms. The Bertz CT molecular complexity index is 473. The zero-order valence-corrected chi connectivity index (χ0v) is 11.3. The van der Waals surface area contributed by atoms with Gasteiger partial charge in [-0.05, 0) is 62.8 Å². The van der Waals surface area contributed by atoms with Gasteiger partial charge < -0.3 is 10.6 Å². The van der Waals surface area contributed by atoms with Crippen LogP contribution in [0.3, 0.4) is 0 Å². The lowest BCUT2D eigenvalue weighted by atomic mass is 9.94. The molecule has 1 aromatic carbocycles. The van der Waals surface area contributed by atoms with Gasteiger partial charge >= 0.3 is 0 Å². The number of nitrogens with zero attached hydrogens (tertiary/aromatic N) is 1. The lowest BCUT2D eigenvalue weighted by Gasteiger charge is -2.24. The summed E-state index contributed by atoms with van der Waals surface area (Å²) in [5.74, 6) is 3.19. The van der Waals surface area contributed by atoms with Crippen LogP contribution in [0.1, 0.15) is 31.2 Å². The summed E-state index contributed by atoms with van der Waals surface area (Å²) in [4.78, 5) is 15.0. The van der Waals surface area contributed by atoms with Crippen LogP contribution in [-0.2, 0) is 4.89 Å². The summed E-state index contributed by atoms with van der Waals surface area (Å²) >= 11 is 0. The topological polar surface area (TPSA) is 56.8 Å². The minimum absolute atomic E-state index is 0.108. The quantitative estimate of drug-likeness (QED) is 0.392. The zero-order chi connectivity index (χ0) is 13.7. The van der Waals surface area contributed by atoms with Gasteiger partial charge in [-0.1, -0.05) is 6.07 Å². The molecule has 1 aliphatic rings. The van der Waals surface area contributed by atoms with Crippen LogP contribution >= 0.6 is 0 Å². The van der Waals surface area contributed by atoms with E-state index in [-0.39, 0.29) is 6.10 Å². The number of rotatable bonds is 4. The molecule has 19 heavy (non-hydrogen) atoms. The Balaban J connectivity index is 1.82. The summed E-state index contributed by atoms with van der Waals surface area (Å²) in [6.45, 7) is 5.49. The molecular formula is C15H20N2O2. The molecule has 0 atom stereocenters. The van der Waals surface area contributed by atoms with Crippen LogP contribution in [0, 0.1) is 6.92 Å². The standard InChI is InChI=1S/C15H20N2O2/c1-3-17-12-5-7-13(8-6-12)18-19-15-9-4-11(2)10-14(15)16/h4,9-10,12-13H,1,5-8,16H2,2H3. The van der Waals surface area contributed by atoms with Gasteiger partial charge in [-0.15, -0.1) is 0 Å². The summed E-state index contributed by atoms with van der Waals surface area (Å²) in [5.41, 5.74) is 7.57. The average molecular weight is 260 g/mol. The molecule has 0 bridgehead atoms. The average Bonchev–Trinajstić information content (AvgIpc) is 2.40. The third-order valence-corrected chi connectivity index (χ3v) is 3.36. The number of nitrogen functional groups attached to an aromatic ring is 1. The molecule has 1 fully saturated rings. The van der Waals surface area contributed by atoms with Crippen LogP contribution in [0.5, 0.6) is 5.75 Å². The van der Waals surface area contributed by atoms with Gasteiger partial charge in [0.2, 0.25) is 0 Å². The first kappa shape index (κ1) is 13.7. The van der Waals surface area contributed by atoms with Crippen molar-refractivity contribution in [3.8, 4) is 5.75 Å². The van der Waals surface area contributed by atoms with Crippen molar-refractivity contribution in [2.45, 2.75) is 44.8 Å². The molecule has 2 N–H and O–H groups in total. The molecule has 4 nitrogen and oxygen atoms in total. The highest BCUT2D eigenvalue weighted by Gasteiger charge is 2.22. The van der Waals surface area contributed by atoms with E-state index >= 15 is 0 Å². The Kier molecular flexibility index (Phi) is 4.61. The fourth-order valence-electron chi connectivity index (χ4n) is 2.26. The third-order valence-electron chi connectivity index (χ3n) is 3.36. The van der Waals surface area contributed by atoms with Crippen molar-refractivity contribution in [3.05, 3.63) is 30.3 Å². The fraction of sp³-hybridized carbons (Fsp3) is 0.467. The summed E-state index contributed by atoms with van der Waals surface area (Å²) in [5, 5.41) is 0. The van der Waals surface area contributed by atoms with Crippen LogP contribution in [0.25, 0.3) is 0 Å². The second-order valence-corrected chi connectivity index (χ2v) is 4.94. The van der Waals surface area contributed by atoms with Crippen molar-refractivity contribution in [1.82, 2.24) is 0 Å². The Morgan fingerprint density at radius 2 is 2.05 bits per heavy atom. The Hall–Kier alpha value is -1.77. The molecule has 1 aliphatic carbocycles. The summed E-state index contributed by atoms with van der Waals surface area (Å²) in [6, 6.07) is 5.99. The molecule has 0 heterocycles. The molecule has 0 saturated heterocycles. The van der Waals surface area contributed by atoms with Gasteiger partial charge in [-0.2, -0.15) is 4.89 Å². The van der Waals surface area contributed by atoms with E-state index in [1.54, 1.807) is 0 Å². The molecule has 0 amide bonds. The van der Waals surface area contributed by atoms with Crippen molar-refractivity contribution < 1.29 is 9.78 Å². The number of benzene rings is 1. The maximum absolute atomic E-state index is 5.86. The Labute approximate surface area is 113 Å². The van der Waals surface area contributed by atoms with Gasteiger partial charge in [0.15, 0.2) is 5.75 Å². The third kappa shape index (κ3) is 3.85. The number of nitrogens with two attached hydrogens (primary N) is 1. The minimum Gasteiger partial charge on any atom is -0.396 e. The predicted molar refractivity (Wildman–Crippen MR) is 76.4 cm³/mol. The highest BCUT2D eigenvalue weighted by atomic mass is 17.2. The first-order chi connectivity index (χ1) is 9.19. The van der Waals surface area contributed by atoms with Gasteiger partial charge in [0.25, 0.3) is 0 Å². The number of anilines is 1. The maximum atomic E-state index is 5.86. The van der Waals surface area contributed by atoms with Crippen molar-refractivity contribution in [3.63, 3.8) is 0 Å². The zero-order valence-electron chi connectivity index (χ0n) is 11.3. The molecule has 0 radical (unpaired) electrons. The van der Waals surface area contributed by atoms with Crippen molar-refractivity contribution in [2.24, 2.45) is 4.99 Å². The van der Waals surface area contributed by atoms with Crippen LogP contribution in [0.4, 0.5) is 5.69 Å². The minimum atomic E-state index is 0.108. The van der Waals surface area contributed by atoms with E-state index in [0.29, 0.717) is 17.5 Å². The van der Waals surface area contributed by atoms with Crippen LogP contribution in [0.2, 0.25) is 0 Å². The van der Waals surface area contributed by atoms with Crippen LogP contribution in [0.15, 0.2) is 29.8 Å². The van der Waals surface area contributed by atoms with E-state index in [4.69, 9.17) is 15.5 Å². The van der Waals surface area contributed by atoms with Crippen molar-refractivity contribution in [1.29, 1.82) is 0 Å². The first-order valence-corrected chi connectivity index (χ1v) is 6.60. The molecule has 1 saturated carbocycles. The molecule has 1 aromatic rings. The second-order valence-electron chi connectivity index (χ2n) is 4.94. The highest BCUT2D eigenvalue weighted by molar-refractivity contribution is 5.53. The monoisotopic (exact) mass is 260 g/mol. The molecule has 0 unspecified atom stereocenters. The van der Waals surface area contributed by atoms with E-state index in [1.165, 1.54) is 0 Å². The molecule has 0 aromatic heterocycles. The fourth-order valence-corrected chi connectivity index (χ4v) is 2.26.